The molecule has 0 saturated carbocycles. The van der Waals surface area contributed by atoms with Crippen molar-refractivity contribution in [2.45, 2.75) is 57.5 Å². The van der Waals surface area contributed by atoms with Gasteiger partial charge in [0, 0.05) is 0 Å². The van der Waals surface area contributed by atoms with Crippen molar-refractivity contribution in [2.75, 3.05) is 0 Å². The normalized spacial score (nSPS) is 40.6. The largest absolute Gasteiger partial charge is 0.345 e. The second-order valence-corrected chi connectivity index (χ2v) is 5.50. The molecule has 1 saturated heterocycles. The van der Waals surface area contributed by atoms with Gasteiger partial charge in [0.1, 0.15) is 0 Å². The van der Waals surface area contributed by atoms with Crippen LogP contribution in [0.15, 0.2) is 10.6 Å². The molecule has 2 aliphatic rings. The Morgan fingerprint density at radius 3 is 2.64 bits per heavy atom. The monoisotopic (exact) mass is 260 g/mol. The molecule has 0 aromatic rings. The summed E-state index contributed by atoms with van der Waals surface area (Å²) in [5, 5.41) is 0. The minimum atomic E-state index is -0.383. The summed E-state index contributed by atoms with van der Waals surface area (Å²) < 4.78 is 13.0. The first-order chi connectivity index (χ1) is 6.57. The average Bonchev–Trinajstić information content (AvgIpc) is 2.34. The number of hydrogen-bond acceptors (Lipinski definition) is 2. The summed E-state index contributed by atoms with van der Waals surface area (Å²) in [6.07, 6.45) is 7.12. The summed E-state index contributed by atoms with van der Waals surface area (Å²) in [5.74, 6) is -0.383. The quantitative estimate of drug-likeness (QED) is 0.665. The molecule has 1 aliphatic heterocycles. The van der Waals surface area contributed by atoms with E-state index in [0.717, 1.165) is 25.7 Å². The molecule has 2 rings (SSSR count). The molecule has 1 aliphatic carbocycles. The zero-order valence-electron chi connectivity index (χ0n) is 8.75. The van der Waals surface area contributed by atoms with Crippen LogP contribution in [-0.4, -0.2) is 18.0 Å². The minimum Gasteiger partial charge on any atom is -0.345 e. The number of halogens is 1. The fraction of sp³-hybridized carbons (Fsp3) is 0.818. The van der Waals surface area contributed by atoms with Crippen LogP contribution < -0.4 is 0 Å². The summed E-state index contributed by atoms with van der Waals surface area (Å²) in [5.41, 5.74) is 0. The molecule has 2 nitrogen and oxygen atoms in total. The Kier molecular flexibility index (Phi) is 3.01. The maximum Gasteiger partial charge on any atom is 0.163 e. The molecule has 1 fully saturated rings. The minimum absolute atomic E-state index is 0.284. The highest BCUT2D eigenvalue weighted by atomic mass is 79.9. The Labute approximate surface area is 93.8 Å². The Hall–Kier alpha value is 0.140. The summed E-state index contributed by atoms with van der Waals surface area (Å²) in [6, 6.07) is 0. The first-order valence-electron chi connectivity index (χ1n) is 5.27. The molecule has 0 N–H and O–H groups in total. The van der Waals surface area contributed by atoms with Gasteiger partial charge in [-0.1, -0.05) is 22.0 Å². The van der Waals surface area contributed by atoms with Gasteiger partial charge >= 0.3 is 0 Å². The standard InChI is InChI=1S/C11H17BrO2/c1-11(2)13-9-5-3-4-8(12)6-7-10(9)14-11/h4,9-10H,3,5-7H2,1-2H3/b8-4+. The van der Waals surface area contributed by atoms with Gasteiger partial charge in [0.2, 0.25) is 0 Å². The van der Waals surface area contributed by atoms with Gasteiger partial charge in [-0.15, -0.1) is 0 Å². The zero-order valence-corrected chi connectivity index (χ0v) is 10.3. The second-order valence-electron chi connectivity index (χ2n) is 4.48. The number of rotatable bonds is 0. The topological polar surface area (TPSA) is 18.5 Å². The molecule has 2 unspecified atom stereocenters. The third-order valence-electron chi connectivity index (χ3n) is 2.77. The van der Waals surface area contributed by atoms with E-state index < -0.39 is 0 Å². The second kappa shape index (κ2) is 3.95. The van der Waals surface area contributed by atoms with Crippen molar-refractivity contribution in [1.82, 2.24) is 0 Å². The predicted molar refractivity (Wildman–Crippen MR) is 59.3 cm³/mol. The van der Waals surface area contributed by atoms with Crippen molar-refractivity contribution in [3.8, 4) is 0 Å². The number of hydrogen-bond donors (Lipinski definition) is 0. The van der Waals surface area contributed by atoms with Crippen LogP contribution in [0, 0.1) is 0 Å². The predicted octanol–water partition coefficient (Wildman–Crippen LogP) is 3.36. The van der Waals surface area contributed by atoms with Crippen LogP contribution in [0.2, 0.25) is 0 Å². The molecule has 3 heteroatoms. The Morgan fingerprint density at radius 2 is 1.93 bits per heavy atom. The van der Waals surface area contributed by atoms with Gasteiger partial charge in [0.25, 0.3) is 0 Å². The lowest BCUT2D eigenvalue weighted by Gasteiger charge is -2.18. The van der Waals surface area contributed by atoms with Crippen LogP contribution in [0.3, 0.4) is 0 Å². The Bertz CT molecular complexity index is 248. The van der Waals surface area contributed by atoms with Gasteiger partial charge in [-0.05, 0) is 44.0 Å². The highest BCUT2D eigenvalue weighted by Gasteiger charge is 2.40. The first kappa shape index (κ1) is 10.7. The highest BCUT2D eigenvalue weighted by molar-refractivity contribution is 9.11. The van der Waals surface area contributed by atoms with Gasteiger partial charge < -0.3 is 9.47 Å². The average molecular weight is 261 g/mol. The number of ether oxygens (including phenoxy) is 2. The smallest absolute Gasteiger partial charge is 0.163 e. The van der Waals surface area contributed by atoms with Gasteiger partial charge in [0.05, 0.1) is 12.2 Å². The van der Waals surface area contributed by atoms with E-state index in [9.17, 15) is 0 Å². The number of allylic oxidation sites excluding steroid dienone is 2. The molecule has 0 spiro atoms. The molecule has 0 aromatic heterocycles. The third-order valence-corrected chi connectivity index (χ3v) is 3.49. The SMILES string of the molecule is CC1(C)OC2CC/C=C(/Br)CCC2O1. The van der Waals surface area contributed by atoms with Crippen molar-refractivity contribution in [3.63, 3.8) is 0 Å². The maximum atomic E-state index is 5.87. The van der Waals surface area contributed by atoms with E-state index in [0.29, 0.717) is 6.10 Å². The summed E-state index contributed by atoms with van der Waals surface area (Å²) in [7, 11) is 0. The molecule has 80 valence electrons. The van der Waals surface area contributed by atoms with E-state index in [1.54, 1.807) is 0 Å². The van der Waals surface area contributed by atoms with Gasteiger partial charge in [-0.3, -0.25) is 0 Å². The third kappa shape index (κ3) is 2.38. The lowest BCUT2D eigenvalue weighted by molar-refractivity contribution is -0.146. The van der Waals surface area contributed by atoms with Crippen molar-refractivity contribution in [3.05, 3.63) is 10.6 Å². The van der Waals surface area contributed by atoms with Crippen LogP contribution in [0.4, 0.5) is 0 Å². The van der Waals surface area contributed by atoms with Crippen LogP contribution in [0.25, 0.3) is 0 Å². The summed E-state index contributed by atoms with van der Waals surface area (Å²) in [6.45, 7) is 4.00. The Morgan fingerprint density at radius 1 is 1.29 bits per heavy atom. The van der Waals surface area contributed by atoms with Crippen LogP contribution in [-0.2, 0) is 9.47 Å². The molecule has 0 aromatic carbocycles. The fourth-order valence-electron chi connectivity index (χ4n) is 2.18. The van der Waals surface area contributed by atoms with E-state index in [1.807, 2.05) is 13.8 Å². The van der Waals surface area contributed by atoms with Crippen LogP contribution in [0.5, 0.6) is 0 Å². The van der Waals surface area contributed by atoms with Gasteiger partial charge in [0.15, 0.2) is 5.79 Å². The summed E-state index contributed by atoms with van der Waals surface area (Å²) in [4.78, 5) is 0. The van der Waals surface area contributed by atoms with Crippen molar-refractivity contribution < 1.29 is 9.47 Å². The maximum absolute atomic E-state index is 5.87. The van der Waals surface area contributed by atoms with Gasteiger partial charge in [-0.2, -0.15) is 0 Å². The van der Waals surface area contributed by atoms with Gasteiger partial charge in [-0.25, -0.2) is 0 Å². The Balaban J connectivity index is 2.04. The fourth-order valence-corrected chi connectivity index (χ4v) is 2.64. The zero-order chi connectivity index (χ0) is 10.2. The lowest BCUT2D eigenvalue weighted by atomic mass is 10.0. The molecule has 2 atom stereocenters. The van der Waals surface area contributed by atoms with Crippen LogP contribution >= 0.6 is 15.9 Å². The van der Waals surface area contributed by atoms with E-state index >= 15 is 0 Å². The molecular weight excluding hydrogens is 244 g/mol. The van der Waals surface area contributed by atoms with Crippen LogP contribution in [0.1, 0.15) is 39.5 Å². The van der Waals surface area contributed by atoms with E-state index in [-0.39, 0.29) is 11.9 Å². The lowest BCUT2D eigenvalue weighted by Crippen LogP contribution is -2.23. The van der Waals surface area contributed by atoms with E-state index in [4.69, 9.17) is 9.47 Å². The highest BCUT2D eigenvalue weighted by Crippen LogP contribution is 2.35. The number of fused-ring (bicyclic) bond motifs is 1. The first-order valence-corrected chi connectivity index (χ1v) is 6.06. The molecule has 0 bridgehead atoms. The van der Waals surface area contributed by atoms with Crippen molar-refractivity contribution in [2.24, 2.45) is 0 Å². The van der Waals surface area contributed by atoms with Crippen molar-refractivity contribution >= 4 is 15.9 Å². The molecule has 0 radical (unpaired) electrons. The molecule has 0 amide bonds. The molecule has 14 heavy (non-hydrogen) atoms. The summed E-state index contributed by atoms with van der Waals surface area (Å²) >= 11 is 3.56. The van der Waals surface area contributed by atoms with E-state index in [1.165, 1.54) is 4.48 Å². The molecular formula is C11H17BrO2. The van der Waals surface area contributed by atoms with Crippen molar-refractivity contribution in [1.29, 1.82) is 0 Å². The van der Waals surface area contributed by atoms with E-state index in [2.05, 4.69) is 22.0 Å². The molecule has 1 heterocycles.